The Bertz CT molecular complexity index is 939. The number of fused-ring (bicyclic) bond motifs is 1. The molecule has 8 heteroatoms. The first-order valence-electron chi connectivity index (χ1n) is 10.8. The van der Waals surface area contributed by atoms with E-state index < -0.39 is 0 Å². The lowest BCUT2D eigenvalue weighted by Gasteiger charge is -2.25. The molecular formula is C23H29N5O3. The van der Waals surface area contributed by atoms with Crippen molar-refractivity contribution in [1.82, 2.24) is 20.7 Å². The number of hydrogen-bond acceptors (Lipinski definition) is 6. The van der Waals surface area contributed by atoms with Gasteiger partial charge in [-0.25, -0.2) is 4.98 Å². The van der Waals surface area contributed by atoms with Crippen LogP contribution in [0, 0.1) is 6.92 Å². The summed E-state index contributed by atoms with van der Waals surface area (Å²) in [6.07, 6.45) is 4.02. The number of aryl methyl sites for hydroxylation is 3. The second-order valence-corrected chi connectivity index (χ2v) is 8.08. The molecule has 0 radical (unpaired) electrons. The van der Waals surface area contributed by atoms with Crippen molar-refractivity contribution in [2.45, 2.75) is 32.6 Å². The minimum atomic E-state index is -0.384. The molecule has 4 rings (SSSR count). The van der Waals surface area contributed by atoms with Crippen LogP contribution in [0.2, 0.25) is 0 Å². The van der Waals surface area contributed by atoms with Crippen molar-refractivity contribution in [3.63, 3.8) is 0 Å². The van der Waals surface area contributed by atoms with E-state index in [-0.39, 0.29) is 18.4 Å². The van der Waals surface area contributed by atoms with E-state index in [1.54, 1.807) is 0 Å². The fourth-order valence-corrected chi connectivity index (χ4v) is 3.87. The van der Waals surface area contributed by atoms with E-state index in [9.17, 15) is 9.59 Å². The van der Waals surface area contributed by atoms with Gasteiger partial charge in [0.1, 0.15) is 5.82 Å². The molecule has 8 nitrogen and oxygen atoms in total. The second kappa shape index (κ2) is 9.89. The van der Waals surface area contributed by atoms with Crippen LogP contribution in [0.1, 0.15) is 40.0 Å². The molecule has 2 aromatic rings. The number of hydrogen-bond donors (Lipinski definition) is 3. The molecule has 1 aromatic carbocycles. The quantitative estimate of drug-likeness (QED) is 0.638. The second-order valence-electron chi connectivity index (χ2n) is 8.08. The van der Waals surface area contributed by atoms with Crippen molar-refractivity contribution >= 4 is 23.3 Å². The lowest BCUT2D eigenvalue weighted by molar-refractivity contribution is -0.124. The molecule has 1 saturated heterocycles. The fourth-order valence-electron chi connectivity index (χ4n) is 3.87. The summed E-state index contributed by atoms with van der Waals surface area (Å²) in [6.45, 7) is 4.91. The maximum atomic E-state index is 13.0. The van der Waals surface area contributed by atoms with Gasteiger partial charge in [-0.05, 0) is 56.4 Å². The summed E-state index contributed by atoms with van der Waals surface area (Å²) in [5.74, 6) is -0.135. The van der Waals surface area contributed by atoms with Crippen molar-refractivity contribution < 1.29 is 14.3 Å². The average Bonchev–Trinajstić information content (AvgIpc) is 2.79. The number of carbonyl (C=O) groups excluding carboxylic acids is 2. The zero-order valence-corrected chi connectivity index (χ0v) is 17.9. The Morgan fingerprint density at radius 2 is 1.81 bits per heavy atom. The van der Waals surface area contributed by atoms with Gasteiger partial charge in [-0.3, -0.25) is 25.3 Å². The topological polar surface area (TPSA) is 95.6 Å². The standard InChI is InChI=1S/C23H29N5O3/c1-16-6-8-18(9-7-16)24-22-19(14-17-4-2-3-5-20(17)25-22)23(30)27-26-21(29)15-28-10-12-31-13-11-28/h6-9,14H,2-5,10-13,15H2,1H3,(H,24,25)(H,26,29)(H,27,30). The number of nitrogens with one attached hydrogen (secondary N) is 3. The monoisotopic (exact) mass is 423 g/mol. The lowest BCUT2D eigenvalue weighted by Crippen LogP contribution is -2.48. The van der Waals surface area contributed by atoms with E-state index in [1.165, 1.54) is 0 Å². The highest BCUT2D eigenvalue weighted by atomic mass is 16.5. The molecule has 1 aliphatic carbocycles. The summed E-state index contributed by atoms with van der Waals surface area (Å²) in [6, 6.07) is 9.84. The van der Waals surface area contributed by atoms with Crippen LogP contribution in [0.15, 0.2) is 30.3 Å². The molecule has 2 amide bonds. The van der Waals surface area contributed by atoms with Gasteiger partial charge in [0, 0.05) is 24.5 Å². The van der Waals surface area contributed by atoms with Crippen LogP contribution in [0.25, 0.3) is 0 Å². The summed E-state index contributed by atoms with van der Waals surface area (Å²) in [5, 5.41) is 3.28. The van der Waals surface area contributed by atoms with E-state index in [4.69, 9.17) is 9.72 Å². The first-order valence-corrected chi connectivity index (χ1v) is 10.8. The van der Waals surface area contributed by atoms with Gasteiger partial charge in [0.05, 0.1) is 25.3 Å². The predicted octanol–water partition coefficient (Wildman–Crippen LogP) is 2.11. The van der Waals surface area contributed by atoms with Crippen molar-refractivity contribution in [2.75, 3.05) is 38.2 Å². The van der Waals surface area contributed by atoms with Crippen molar-refractivity contribution in [1.29, 1.82) is 0 Å². The summed E-state index contributed by atoms with van der Waals surface area (Å²) in [5.41, 5.74) is 9.66. The molecule has 2 aliphatic rings. The molecule has 1 aromatic heterocycles. The van der Waals surface area contributed by atoms with Gasteiger partial charge in [-0.15, -0.1) is 0 Å². The highest BCUT2D eigenvalue weighted by Gasteiger charge is 2.21. The maximum absolute atomic E-state index is 13.0. The number of pyridine rings is 1. The van der Waals surface area contributed by atoms with Gasteiger partial charge in [-0.1, -0.05) is 17.7 Å². The molecule has 1 fully saturated rings. The lowest BCUT2D eigenvalue weighted by atomic mass is 9.94. The number of anilines is 2. The highest BCUT2D eigenvalue weighted by Crippen LogP contribution is 2.27. The molecule has 0 spiro atoms. The molecule has 2 heterocycles. The molecule has 31 heavy (non-hydrogen) atoms. The minimum absolute atomic E-state index is 0.223. The number of carbonyl (C=O) groups is 2. The third kappa shape index (κ3) is 5.59. The Hall–Kier alpha value is -2.97. The number of rotatable bonds is 5. The Balaban J connectivity index is 1.47. The van der Waals surface area contributed by atoms with Gasteiger partial charge >= 0.3 is 0 Å². The van der Waals surface area contributed by atoms with E-state index in [0.717, 1.165) is 48.2 Å². The SMILES string of the molecule is Cc1ccc(Nc2nc3c(cc2C(=O)NNC(=O)CN2CCOCC2)CCCC3)cc1. The maximum Gasteiger partial charge on any atom is 0.273 e. The largest absolute Gasteiger partial charge is 0.379 e. The van der Waals surface area contributed by atoms with Crippen LogP contribution in [0.5, 0.6) is 0 Å². The average molecular weight is 424 g/mol. The molecule has 0 saturated carbocycles. The number of ether oxygens (including phenoxy) is 1. The van der Waals surface area contributed by atoms with Crippen molar-refractivity contribution in [2.24, 2.45) is 0 Å². The first kappa shape index (κ1) is 21.3. The van der Waals surface area contributed by atoms with E-state index >= 15 is 0 Å². The van der Waals surface area contributed by atoms with Gasteiger partial charge in [0.2, 0.25) is 0 Å². The Labute approximate surface area is 182 Å². The number of nitrogens with zero attached hydrogens (tertiary/aromatic N) is 2. The smallest absolute Gasteiger partial charge is 0.273 e. The van der Waals surface area contributed by atoms with Crippen LogP contribution in [0.4, 0.5) is 11.5 Å². The molecule has 3 N–H and O–H groups in total. The predicted molar refractivity (Wildman–Crippen MR) is 118 cm³/mol. The Morgan fingerprint density at radius 1 is 1.06 bits per heavy atom. The van der Waals surface area contributed by atoms with Gasteiger partial charge in [0.15, 0.2) is 0 Å². The van der Waals surface area contributed by atoms with Crippen LogP contribution in [-0.2, 0) is 22.4 Å². The Morgan fingerprint density at radius 3 is 2.58 bits per heavy atom. The van der Waals surface area contributed by atoms with Crippen LogP contribution >= 0.6 is 0 Å². The summed E-state index contributed by atoms with van der Waals surface area (Å²) < 4.78 is 5.29. The zero-order valence-electron chi connectivity index (χ0n) is 17.9. The highest BCUT2D eigenvalue weighted by molar-refractivity contribution is 6.00. The molecule has 1 aliphatic heterocycles. The number of benzene rings is 1. The van der Waals surface area contributed by atoms with E-state index in [0.29, 0.717) is 37.7 Å². The van der Waals surface area contributed by atoms with E-state index in [1.807, 2.05) is 42.2 Å². The minimum Gasteiger partial charge on any atom is -0.379 e. The number of hydrazine groups is 1. The van der Waals surface area contributed by atoms with Gasteiger partial charge < -0.3 is 10.1 Å². The number of aromatic nitrogens is 1. The van der Waals surface area contributed by atoms with Crippen LogP contribution in [-0.4, -0.2) is 54.5 Å². The molecule has 0 bridgehead atoms. The molecule has 0 atom stereocenters. The molecular weight excluding hydrogens is 394 g/mol. The number of morpholine rings is 1. The third-order valence-corrected chi connectivity index (χ3v) is 5.65. The summed E-state index contributed by atoms with van der Waals surface area (Å²) in [7, 11) is 0. The third-order valence-electron chi connectivity index (χ3n) is 5.65. The number of amides is 2. The Kier molecular flexibility index (Phi) is 6.79. The van der Waals surface area contributed by atoms with E-state index in [2.05, 4.69) is 16.2 Å². The normalized spacial score (nSPS) is 16.3. The van der Waals surface area contributed by atoms with Crippen molar-refractivity contribution in [3.8, 4) is 0 Å². The van der Waals surface area contributed by atoms with Crippen LogP contribution < -0.4 is 16.2 Å². The summed E-state index contributed by atoms with van der Waals surface area (Å²) in [4.78, 5) is 32.0. The molecule has 0 unspecified atom stereocenters. The fraction of sp³-hybridized carbons (Fsp3) is 0.435. The zero-order chi connectivity index (χ0) is 21.6. The van der Waals surface area contributed by atoms with Gasteiger partial charge in [0.25, 0.3) is 11.8 Å². The summed E-state index contributed by atoms with van der Waals surface area (Å²) >= 11 is 0. The molecule has 164 valence electrons. The first-order chi connectivity index (χ1) is 15.1. The van der Waals surface area contributed by atoms with Gasteiger partial charge in [-0.2, -0.15) is 0 Å². The van der Waals surface area contributed by atoms with Crippen LogP contribution in [0.3, 0.4) is 0 Å². The van der Waals surface area contributed by atoms with Crippen molar-refractivity contribution in [3.05, 3.63) is 52.7 Å².